The second-order valence-corrected chi connectivity index (χ2v) is 6.17. The first-order chi connectivity index (χ1) is 10.0. The molecular weight excluding hydrogens is 340 g/mol. The Bertz CT molecular complexity index is 595. The Balaban J connectivity index is 1.69. The smallest absolute Gasteiger partial charge is 0.317 e. The normalized spacial score (nSPS) is 22.0. The van der Waals surface area contributed by atoms with Crippen molar-refractivity contribution in [3.05, 3.63) is 38.3 Å². The van der Waals surface area contributed by atoms with Crippen LogP contribution >= 0.6 is 15.9 Å². The zero-order chi connectivity index (χ0) is 15.0. The van der Waals surface area contributed by atoms with Gasteiger partial charge in [0.05, 0.1) is 15.4 Å². The van der Waals surface area contributed by atoms with Gasteiger partial charge < -0.3 is 10.2 Å². The van der Waals surface area contributed by atoms with E-state index in [1.165, 1.54) is 0 Å². The summed E-state index contributed by atoms with van der Waals surface area (Å²) in [5, 5.41) is 13.8. The Morgan fingerprint density at radius 1 is 1.43 bits per heavy atom. The number of hydrogen-bond acceptors (Lipinski definition) is 4. The molecule has 1 N–H and O–H groups in total. The highest BCUT2D eigenvalue weighted by molar-refractivity contribution is 9.10. The van der Waals surface area contributed by atoms with Gasteiger partial charge in [0.15, 0.2) is 0 Å². The van der Waals surface area contributed by atoms with Crippen LogP contribution in [0.25, 0.3) is 0 Å². The summed E-state index contributed by atoms with van der Waals surface area (Å²) in [7, 11) is 0. The van der Waals surface area contributed by atoms with E-state index in [0.717, 1.165) is 18.7 Å². The average Bonchev–Trinajstić information content (AvgIpc) is 2.82. The number of fused-ring (bicyclic) bond motifs is 1. The summed E-state index contributed by atoms with van der Waals surface area (Å²) in [6.45, 7) is 3.62. The topological polar surface area (TPSA) is 78.7 Å². The zero-order valence-corrected chi connectivity index (χ0v) is 12.9. The van der Waals surface area contributed by atoms with E-state index in [4.69, 9.17) is 0 Å². The van der Waals surface area contributed by atoms with Crippen molar-refractivity contribution in [1.82, 2.24) is 15.1 Å². The van der Waals surface area contributed by atoms with Crippen LogP contribution in [0.2, 0.25) is 0 Å². The number of urea groups is 1. The molecule has 2 saturated heterocycles. The van der Waals surface area contributed by atoms with Gasteiger partial charge in [0, 0.05) is 38.8 Å². The third-order valence-corrected chi connectivity index (χ3v) is 4.60. The van der Waals surface area contributed by atoms with Crippen molar-refractivity contribution in [1.29, 1.82) is 0 Å². The maximum absolute atomic E-state index is 11.5. The van der Waals surface area contributed by atoms with Crippen LogP contribution in [0.15, 0.2) is 22.7 Å². The van der Waals surface area contributed by atoms with E-state index >= 15 is 0 Å². The number of carbonyl (C=O) groups excluding carboxylic acids is 1. The van der Waals surface area contributed by atoms with Crippen LogP contribution in [0, 0.1) is 10.1 Å². The van der Waals surface area contributed by atoms with E-state index in [2.05, 4.69) is 26.1 Å². The lowest BCUT2D eigenvalue weighted by Gasteiger charge is -2.36. The number of rotatable bonds is 3. The molecule has 1 aromatic rings. The van der Waals surface area contributed by atoms with Crippen LogP contribution < -0.4 is 5.32 Å². The fourth-order valence-corrected chi connectivity index (χ4v) is 3.26. The summed E-state index contributed by atoms with van der Waals surface area (Å²) in [5.41, 5.74) is 1.000. The molecular formula is C13H15BrN4O3. The number of benzene rings is 1. The molecule has 0 saturated carbocycles. The predicted molar refractivity (Wildman–Crippen MR) is 80.0 cm³/mol. The minimum absolute atomic E-state index is 0.0129. The highest BCUT2D eigenvalue weighted by Crippen LogP contribution is 2.26. The largest absolute Gasteiger partial charge is 0.336 e. The van der Waals surface area contributed by atoms with Gasteiger partial charge in [0.1, 0.15) is 0 Å². The highest BCUT2D eigenvalue weighted by Gasteiger charge is 2.35. The van der Waals surface area contributed by atoms with Crippen molar-refractivity contribution in [2.75, 3.05) is 26.2 Å². The van der Waals surface area contributed by atoms with Crippen LogP contribution in [-0.2, 0) is 6.54 Å². The zero-order valence-electron chi connectivity index (χ0n) is 11.3. The monoisotopic (exact) mass is 354 g/mol. The van der Waals surface area contributed by atoms with Gasteiger partial charge in [-0.1, -0.05) is 6.07 Å². The Hall–Kier alpha value is -1.67. The Kier molecular flexibility index (Phi) is 3.81. The average molecular weight is 355 g/mol. The molecule has 2 aliphatic rings. The summed E-state index contributed by atoms with van der Waals surface area (Å²) in [5.74, 6) is 0. The third kappa shape index (κ3) is 2.86. The molecule has 0 radical (unpaired) electrons. The standard InChI is InChI=1S/C13H15BrN4O3/c14-11-2-1-9(5-12(11)18(20)21)7-16-3-4-17-10(8-16)6-15-13(17)19/h1-2,5,10H,3-4,6-8H2,(H,15,19). The lowest BCUT2D eigenvalue weighted by molar-refractivity contribution is -0.385. The van der Waals surface area contributed by atoms with Crippen LogP contribution in [0.1, 0.15) is 5.56 Å². The van der Waals surface area contributed by atoms with Crippen molar-refractivity contribution in [3.8, 4) is 0 Å². The summed E-state index contributed by atoms with van der Waals surface area (Å²) in [6, 6.07) is 5.43. The van der Waals surface area contributed by atoms with E-state index < -0.39 is 0 Å². The lowest BCUT2D eigenvalue weighted by atomic mass is 10.1. The van der Waals surface area contributed by atoms with Crippen molar-refractivity contribution in [2.24, 2.45) is 0 Å². The number of halogens is 1. The number of nitrogens with one attached hydrogen (secondary N) is 1. The van der Waals surface area contributed by atoms with Crippen LogP contribution in [0.5, 0.6) is 0 Å². The minimum atomic E-state index is -0.384. The van der Waals surface area contributed by atoms with Gasteiger partial charge in [-0.25, -0.2) is 4.79 Å². The van der Waals surface area contributed by atoms with Gasteiger partial charge in [-0.15, -0.1) is 0 Å². The van der Waals surface area contributed by atoms with Crippen molar-refractivity contribution < 1.29 is 9.72 Å². The number of carbonyl (C=O) groups is 1. The molecule has 1 unspecified atom stereocenters. The summed E-state index contributed by atoms with van der Waals surface area (Å²) >= 11 is 3.19. The minimum Gasteiger partial charge on any atom is -0.336 e. The fraction of sp³-hybridized carbons (Fsp3) is 0.462. The van der Waals surface area contributed by atoms with E-state index in [1.807, 2.05) is 11.0 Å². The van der Waals surface area contributed by atoms with Crippen molar-refractivity contribution in [3.63, 3.8) is 0 Å². The van der Waals surface area contributed by atoms with Gasteiger partial charge in [-0.3, -0.25) is 15.0 Å². The summed E-state index contributed by atoms with van der Waals surface area (Å²) in [4.78, 5) is 26.2. The third-order valence-electron chi connectivity index (χ3n) is 3.93. The van der Waals surface area contributed by atoms with E-state index in [1.54, 1.807) is 12.1 Å². The van der Waals surface area contributed by atoms with Gasteiger partial charge in [0.25, 0.3) is 5.69 Å². The first kappa shape index (κ1) is 14.3. The predicted octanol–water partition coefficient (Wildman–Crippen LogP) is 1.57. The van der Waals surface area contributed by atoms with Crippen LogP contribution in [0.4, 0.5) is 10.5 Å². The molecule has 2 heterocycles. The molecule has 2 amide bonds. The fourth-order valence-electron chi connectivity index (χ4n) is 2.87. The summed E-state index contributed by atoms with van der Waals surface area (Å²) in [6.07, 6.45) is 0. The highest BCUT2D eigenvalue weighted by atomic mass is 79.9. The maximum Gasteiger partial charge on any atom is 0.317 e. The van der Waals surface area contributed by atoms with E-state index in [9.17, 15) is 14.9 Å². The second kappa shape index (κ2) is 5.61. The molecule has 0 aromatic heterocycles. The number of nitro groups is 1. The van der Waals surface area contributed by atoms with Crippen molar-refractivity contribution in [2.45, 2.75) is 12.6 Å². The molecule has 3 rings (SSSR count). The molecule has 112 valence electrons. The van der Waals surface area contributed by atoms with Crippen LogP contribution in [0.3, 0.4) is 0 Å². The maximum atomic E-state index is 11.5. The van der Waals surface area contributed by atoms with Crippen molar-refractivity contribution >= 4 is 27.6 Å². The van der Waals surface area contributed by atoms with Gasteiger partial charge in [-0.2, -0.15) is 0 Å². The van der Waals surface area contributed by atoms with E-state index in [0.29, 0.717) is 24.1 Å². The number of hydrogen-bond donors (Lipinski definition) is 1. The Labute approximate surface area is 130 Å². The van der Waals surface area contributed by atoms with Gasteiger partial charge in [0.2, 0.25) is 0 Å². The Morgan fingerprint density at radius 2 is 2.24 bits per heavy atom. The molecule has 8 heteroatoms. The number of amides is 2. The number of piperazine rings is 1. The molecule has 1 atom stereocenters. The first-order valence-corrected chi connectivity index (χ1v) is 7.53. The molecule has 0 bridgehead atoms. The molecule has 2 aliphatic heterocycles. The summed E-state index contributed by atoms with van der Waals surface area (Å²) < 4.78 is 0.492. The molecule has 1 aromatic carbocycles. The second-order valence-electron chi connectivity index (χ2n) is 5.31. The number of nitrogens with zero attached hydrogens (tertiary/aromatic N) is 3. The molecule has 0 aliphatic carbocycles. The molecule has 21 heavy (non-hydrogen) atoms. The van der Waals surface area contributed by atoms with Gasteiger partial charge in [-0.05, 0) is 27.6 Å². The van der Waals surface area contributed by atoms with E-state index in [-0.39, 0.29) is 22.7 Å². The van der Waals surface area contributed by atoms with Crippen LogP contribution in [-0.4, -0.2) is 53.0 Å². The molecule has 7 nitrogen and oxygen atoms in total. The molecule has 2 fully saturated rings. The van der Waals surface area contributed by atoms with Gasteiger partial charge >= 0.3 is 6.03 Å². The Morgan fingerprint density at radius 3 is 3.00 bits per heavy atom. The number of nitro benzene ring substituents is 1. The first-order valence-electron chi connectivity index (χ1n) is 6.74. The molecule has 0 spiro atoms. The lowest BCUT2D eigenvalue weighted by Crippen LogP contribution is -2.51. The SMILES string of the molecule is O=C1NCC2CN(Cc3ccc(Br)c([N+](=O)[O-])c3)CCN12. The quantitative estimate of drug-likeness (QED) is 0.659.